The van der Waals surface area contributed by atoms with E-state index in [1.165, 1.54) is 120 Å². The third kappa shape index (κ3) is 9.72. The summed E-state index contributed by atoms with van der Waals surface area (Å²) in [6.45, 7) is 0. The Bertz CT molecular complexity index is 2010. The van der Waals surface area contributed by atoms with Crippen LogP contribution in [0.3, 0.4) is 0 Å². The van der Waals surface area contributed by atoms with Gasteiger partial charge in [0.15, 0.2) is 11.5 Å². The molecule has 4 aromatic carbocycles. The number of rotatable bonds is 15. The molecule has 4 N–H and O–H groups in total. The van der Waals surface area contributed by atoms with Gasteiger partial charge in [0.05, 0.1) is 46.7 Å². The van der Waals surface area contributed by atoms with E-state index in [0.29, 0.717) is 11.4 Å². The lowest BCUT2D eigenvalue weighted by molar-refractivity contribution is -0.159. The summed E-state index contributed by atoms with van der Waals surface area (Å²) >= 11 is 0. The highest BCUT2D eigenvalue weighted by Gasteiger charge is 2.41. The molecule has 0 aromatic heterocycles. The molecule has 0 saturated carbocycles. The number of ether oxygens (including phenoxy) is 7. The molecule has 0 aliphatic carbocycles. The molecule has 0 saturated heterocycles. The molecule has 4 rings (SSSR count). The van der Waals surface area contributed by atoms with Crippen molar-refractivity contribution in [1.82, 2.24) is 10.9 Å². The minimum Gasteiger partial charge on any atom is -0.497 e. The number of methoxy groups -OCH3 is 5. The smallest absolute Gasteiger partial charge is 0.349 e. The Morgan fingerprint density at radius 3 is 1.52 bits per heavy atom. The number of carbonyl (C=O) groups is 6. The van der Waals surface area contributed by atoms with Crippen molar-refractivity contribution in [3.63, 3.8) is 0 Å². The second kappa shape index (κ2) is 18.3. The SMILES string of the molecule is COc1cccc(C(=O)O[C@H](C(=O)O)[C@H](OC(=O)c2cccc(OC)c2)C(=O)NNC(=O)c2ccc(NC(=O)c3cc(OC)c(OC)c(OC)c3)cc2)c1. The quantitative estimate of drug-likeness (QED) is 0.101. The van der Waals surface area contributed by atoms with Gasteiger partial charge in [0, 0.05) is 16.8 Å². The Morgan fingerprint density at radius 1 is 0.537 bits per heavy atom. The summed E-state index contributed by atoms with van der Waals surface area (Å²) in [5.41, 5.74) is 4.32. The topological polar surface area (TPSA) is 223 Å². The van der Waals surface area contributed by atoms with Crippen molar-refractivity contribution in [2.24, 2.45) is 0 Å². The summed E-state index contributed by atoms with van der Waals surface area (Å²) in [4.78, 5) is 77.8. The first kappa shape index (κ1) is 39.5. The van der Waals surface area contributed by atoms with Gasteiger partial charge in [-0.25, -0.2) is 14.4 Å². The molecule has 0 unspecified atom stereocenters. The summed E-state index contributed by atoms with van der Waals surface area (Å²) in [6, 6.07) is 19.5. The number of hydrogen-bond acceptors (Lipinski definition) is 13. The summed E-state index contributed by atoms with van der Waals surface area (Å²) in [7, 11) is 6.94. The average molecular weight is 746 g/mol. The lowest BCUT2D eigenvalue weighted by Crippen LogP contribution is -2.54. The van der Waals surface area contributed by atoms with Gasteiger partial charge in [0.25, 0.3) is 17.7 Å². The molecule has 2 atom stereocenters. The van der Waals surface area contributed by atoms with Crippen molar-refractivity contribution < 1.29 is 67.0 Å². The van der Waals surface area contributed by atoms with Gasteiger partial charge in [-0.15, -0.1) is 0 Å². The van der Waals surface area contributed by atoms with E-state index in [2.05, 4.69) is 10.7 Å². The molecule has 3 amide bonds. The van der Waals surface area contributed by atoms with Crippen LogP contribution in [0.2, 0.25) is 0 Å². The van der Waals surface area contributed by atoms with E-state index in [9.17, 15) is 33.9 Å². The summed E-state index contributed by atoms with van der Waals surface area (Å²) < 4.78 is 36.4. The molecule has 0 aliphatic rings. The van der Waals surface area contributed by atoms with E-state index >= 15 is 0 Å². The maximum Gasteiger partial charge on any atom is 0.349 e. The molecule has 17 heteroatoms. The number of benzene rings is 4. The van der Waals surface area contributed by atoms with E-state index < -0.39 is 47.8 Å². The third-order valence-electron chi connectivity index (χ3n) is 7.49. The van der Waals surface area contributed by atoms with Gasteiger partial charge in [-0.3, -0.25) is 25.2 Å². The molecular weight excluding hydrogens is 710 g/mol. The molecule has 0 spiro atoms. The Balaban J connectivity index is 1.50. The summed E-state index contributed by atoms with van der Waals surface area (Å²) in [5, 5.41) is 12.7. The number of aliphatic carboxylic acids is 1. The molecule has 0 heterocycles. The maximum absolute atomic E-state index is 13.4. The van der Waals surface area contributed by atoms with Crippen molar-refractivity contribution in [2.75, 3.05) is 40.9 Å². The van der Waals surface area contributed by atoms with E-state index in [1.54, 1.807) is 0 Å². The van der Waals surface area contributed by atoms with E-state index in [4.69, 9.17) is 33.2 Å². The predicted octanol–water partition coefficient (Wildman–Crippen LogP) is 3.28. The molecule has 17 nitrogen and oxygen atoms in total. The lowest BCUT2D eigenvalue weighted by Gasteiger charge is -2.23. The largest absolute Gasteiger partial charge is 0.497 e. The van der Waals surface area contributed by atoms with Crippen molar-refractivity contribution >= 4 is 41.3 Å². The number of nitrogens with one attached hydrogen (secondary N) is 3. The zero-order chi connectivity index (χ0) is 39.4. The van der Waals surface area contributed by atoms with Crippen molar-refractivity contribution in [3.05, 3.63) is 107 Å². The van der Waals surface area contributed by atoms with Crippen LogP contribution in [0.5, 0.6) is 28.7 Å². The minimum absolute atomic E-state index is 0.00903. The average Bonchev–Trinajstić information content (AvgIpc) is 3.20. The van der Waals surface area contributed by atoms with E-state index in [0.717, 1.165) is 0 Å². The number of amides is 3. The van der Waals surface area contributed by atoms with E-state index in [1.807, 2.05) is 5.43 Å². The number of hydrogen-bond donors (Lipinski definition) is 4. The number of hydrazine groups is 1. The Morgan fingerprint density at radius 2 is 1.06 bits per heavy atom. The van der Waals surface area contributed by atoms with Gasteiger partial charge in [-0.05, 0) is 72.8 Å². The first-order valence-electron chi connectivity index (χ1n) is 15.7. The first-order valence-corrected chi connectivity index (χ1v) is 15.7. The molecule has 4 aromatic rings. The fourth-order valence-electron chi connectivity index (χ4n) is 4.74. The molecule has 54 heavy (non-hydrogen) atoms. The fourth-order valence-corrected chi connectivity index (χ4v) is 4.74. The molecule has 282 valence electrons. The Labute approximate surface area is 308 Å². The fraction of sp³-hybridized carbons (Fsp3) is 0.189. The summed E-state index contributed by atoms with van der Waals surface area (Å²) in [6.07, 6.45) is -4.70. The molecule has 0 bridgehead atoms. The van der Waals surface area contributed by atoms with Gasteiger partial charge in [0.2, 0.25) is 18.0 Å². The maximum atomic E-state index is 13.4. The Kier molecular flexibility index (Phi) is 13.4. The Hall–Kier alpha value is -7.30. The van der Waals surface area contributed by atoms with Crippen LogP contribution in [0.1, 0.15) is 41.4 Å². The highest BCUT2D eigenvalue weighted by molar-refractivity contribution is 6.05. The summed E-state index contributed by atoms with van der Waals surface area (Å²) in [5.74, 6) is -5.65. The number of esters is 2. The molecule has 0 radical (unpaired) electrons. The van der Waals surface area contributed by atoms with Crippen LogP contribution < -0.4 is 39.9 Å². The van der Waals surface area contributed by atoms with Gasteiger partial charge in [-0.2, -0.15) is 0 Å². The third-order valence-corrected chi connectivity index (χ3v) is 7.49. The second-order valence-corrected chi connectivity index (χ2v) is 10.8. The standard InChI is InChI=1S/C37H35N3O14/c1-48-25-10-6-8-21(16-25)36(46)53-30(31(35(44)45)54-37(47)22-9-7-11-26(17-22)49-2)34(43)40-39-33(42)20-12-14-24(15-13-20)38-32(41)23-18-27(50-3)29(52-5)28(19-23)51-4/h6-19,30-31H,1-5H3,(H,38,41)(H,39,42)(H,40,43)(H,44,45)/t30-,31-/m0/s1. The number of carboxylic acids is 1. The van der Waals surface area contributed by atoms with Crippen molar-refractivity contribution in [3.8, 4) is 28.7 Å². The molecule has 0 aliphatic heterocycles. The van der Waals surface area contributed by atoms with Crippen LogP contribution in [-0.2, 0) is 19.1 Å². The zero-order valence-electron chi connectivity index (χ0n) is 29.5. The lowest BCUT2D eigenvalue weighted by atomic mass is 10.1. The second-order valence-electron chi connectivity index (χ2n) is 10.8. The minimum atomic E-state index is -2.39. The normalized spacial score (nSPS) is 11.4. The van der Waals surface area contributed by atoms with Crippen molar-refractivity contribution in [2.45, 2.75) is 12.2 Å². The number of carboxylic acid groups (broad SMARTS) is 1. The van der Waals surface area contributed by atoms with Crippen LogP contribution in [0.4, 0.5) is 5.69 Å². The monoisotopic (exact) mass is 745 g/mol. The van der Waals surface area contributed by atoms with Gasteiger partial charge in [-0.1, -0.05) is 12.1 Å². The van der Waals surface area contributed by atoms with Crippen molar-refractivity contribution in [1.29, 1.82) is 0 Å². The molecule has 0 fully saturated rings. The van der Waals surface area contributed by atoms with Crippen LogP contribution in [0.15, 0.2) is 84.9 Å². The van der Waals surface area contributed by atoms with Crippen LogP contribution >= 0.6 is 0 Å². The molecular formula is C37H35N3O14. The highest BCUT2D eigenvalue weighted by atomic mass is 16.6. The van der Waals surface area contributed by atoms with Gasteiger partial charge < -0.3 is 43.6 Å². The highest BCUT2D eigenvalue weighted by Crippen LogP contribution is 2.38. The van der Waals surface area contributed by atoms with Gasteiger partial charge >= 0.3 is 17.9 Å². The zero-order valence-corrected chi connectivity index (χ0v) is 29.5. The first-order chi connectivity index (χ1) is 25.9. The van der Waals surface area contributed by atoms with Crippen LogP contribution in [0, 0.1) is 0 Å². The van der Waals surface area contributed by atoms with Crippen LogP contribution in [0.25, 0.3) is 0 Å². The van der Waals surface area contributed by atoms with Crippen LogP contribution in [-0.4, -0.2) is 88.5 Å². The number of carbonyl (C=O) groups excluding carboxylic acids is 5. The number of anilines is 1. The predicted molar refractivity (Wildman–Crippen MR) is 188 cm³/mol. The van der Waals surface area contributed by atoms with Gasteiger partial charge in [0.1, 0.15) is 11.5 Å². The van der Waals surface area contributed by atoms with E-state index in [-0.39, 0.29) is 45.3 Å².